The molecule has 0 saturated carbocycles. The summed E-state index contributed by atoms with van der Waals surface area (Å²) in [5, 5.41) is 0.453. The Morgan fingerprint density at radius 3 is 2.46 bits per heavy atom. The standard InChI is InChI=1S/C17H13ClF3NO2/c1-10-2-5-12-9-22(16(23)14(12)15(10)18)8-11-3-6-13(7-4-11)24-17(19,20)21/h2-7H,8-9H2,1H3. The number of halogens is 4. The van der Waals surface area contributed by atoms with Crippen LogP contribution in [-0.4, -0.2) is 17.2 Å². The fourth-order valence-corrected chi connectivity index (χ4v) is 2.93. The molecule has 0 spiro atoms. The monoisotopic (exact) mass is 355 g/mol. The van der Waals surface area contributed by atoms with Crippen molar-refractivity contribution in [1.29, 1.82) is 0 Å². The minimum Gasteiger partial charge on any atom is -0.406 e. The Labute approximate surface area is 141 Å². The van der Waals surface area contributed by atoms with Gasteiger partial charge in [-0.15, -0.1) is 13.2 Å². The highest BCUT2D eigenvalue weighted by molar-refractivity contribution is 6.35. The van der Waals surface area contributed by atoms with Crippen molar-refractivity contribution in [1.82, 2.24) is 4.90 Å². The number of aryl methyl sites for hydroxylation is 1. The minimum atomic E-state index is -4.72. The molecule has 0 N–H and O–H groups in total. The van der Waals surface area contributed by atoms with Crippen molar-refractivity contribution in [3.8, 4) is 5.75 Å². The molecular weight excluding hydrogens is 343 g/mol. The second-order valence-electron chi connectivity index (χ2n) is 5.58. The van der Waals surface area contributed by atoms with Gasteiger partial charge in [-0.05, 0) is 35.7 Å². The Hall–Kier alpha value is -2.21. The molecule has 1 aliphatic heterocycles. The molecule has 0 aromatic heterocycles. The van der Waals surface area contributed by atoms with Gasteiger partial charge in [0.25, 0.3) is 5.91 Å². The van der Waals surface area contributed by atoms with E-state index in [0.717, 1.165) is 11.1 Å². The molecular formula is C17H13ClF3NO2. The van der Waals surface area contributed by atoms with Crippen LogP contribution in [0.25, 0.3) is 0 Å². The van der Waals surface area contributed by atoms with Gasteiger partial charge in [-0.2, -0.15) is 0 Å². The maximum Gasteiger partial charge on any atom is 0.573 e. The summed E-state index contributed by atoms with van der Waals surface area (Å²) in [6.45, 7) is 2.54. The van der Waals surface area contributed by atoms with E-state index in [1.54, 1.807) is 4.90 Å². The zero-order valence-corrected chi connectivity index (χ0v) is 13.4. The van der Waals surface area contributed by atoms with Crippen molar-refractivity contribution in [3.05, 3.63) is 63.7 Å². The Kier molecular flexibility index (Phi) is 4.17. The molecule has 126 valence electrons. The van der Waals surface area contributed by atoms with E-state index in [9.17, 15) is 18.0 Å². The van der Waals surface area contributed by atoms with Crippen LogP contribution in [-0.2, 0) is 13.1 Å². The average Bonchev–Trinajstić information content (AvgIpc) is 2.81. The summed E-state index contributed by atoms with van der Waals surface area (Å²) in [6, 6.07) is 9.20. The topological polar surface area (TPSA) is 29.5 Å². The van der Waals surface area contributed by atoms with Crippen LogP contribution < -0.4 is 4.74 Å². The van der Waals surface area contributed by atoms with Crippen molar-refractivity contribution < 1.29 is 22.7 Å². The van der Waals surface area contributed by atoms with Crippen LogP contribution in [0, 0.1) is 6.92 Å². The number of rotatable bonds is 3. The maximum atomic E-state index is 12.5. The normalized spacial score (nSPS) is 14.0. The number of carbonyl (C=O) groups is 1. The third kappa shape index (κ3) is 3.33. The van der Waals surface area contributed by atoms with Crippen molar-refractivity contribution >= 4 is 17.5 Å². The molecule has 24 heavy (non-hydrogen) atoms. The molecule has 3 nitrogen and oxygen atoms in total. The summed E-state index contributed by atoms with van der Waals surface area (Å²) in [4.78, 5) is 14.1. The first-order chi connectivity index (χ1) is 11.2. The van der Waals surface area contributed by atoms with Crippen molar-refractivity contribution in [2.24, 2.45) is 0 Å². The van der Waals surface area contributed by atoms with Gasteiger partial charge in [0.1, 0.15) is 5.75 Å². The fraction of sp³-hybridized carbons (Fsp3) is 0.235. The van der Waals surface area contributed by atoms with Crippen molar-refractivity contribution in [2.45, 2.75) is 26.4 Å². The van der Waals surface area contributed by atoms with Crippen LogP contribution in [0.4, 0.5) is 13.2 Å². The Balaban J connectivity index is 1.74. The summed E-state index contributed by atoms with van der Waals surface area (Å²) in [5.74, 6) is -0.463. The molecule has 0 radical (unpaired) electrons. The first-order valence-electron chi connectivity index (χ1n) is 7.16. The third-order valence-electron chi connectivity index (χ3n) is 3.81. The third-order valence-corrected chi connectivity index (χ3v) is 4.30. The lowest BCUT2D eigenvalue weighted by Gasteiger charge is -2.16. The lowest BCUT2D eigenvalue weighted by molar-refractivity contribution is -0.274. The van der Waals surface area contributed by atoms with Gasteiger partial charge in [0.15, 0.2) is 0 Å². The van der Waals surface area contributed by atoms with E-state index in [-0.39, 0.29) is 18.2 Å². The van der Waals surface area contributed by atoms with Gasteiger partial charge in [-0.3, -0.25) is 4.79 Å². The van der Waals surface area contributed by atoms with E-state index in [1.165, 1.54) is 24.3 Å². The van der Waals surface area contributed by atoms with Crippen LogP contribution in [0.5, 0.6) is 5.75 Å². The number of carbonyl (C=O) groups excluding carboxylic acids is 1. The van der Waals surface area contributed by atoms with Gasteiger partial charge in [-0.1, -0.05) is 35.9 Å². The van der Waals surface area contributed by atoms with Gasteiger partial charge in [0, 0.05) is 13.1 Å². The number of nitrogens with zero attached hydrogens (tertiary/aromatic N) is 1. The summed E-state index contributed by atoms with van der Waals surface area (Å²) >= 11 is 6.21. The molecule has 0 bridgehead atoms. The quantitative estimate of drug-likeness (QED) is 0.798. The van der Waals surface area contributed by atoms with Gasteiger partial charge < -0.3 is 9.64 Å². The summed E-state index contributed by atoms with van der Waals surface area (Å²) in [7, 11) is 0. The molecule has 1 amide bonds. The molecule has 1 heterocycles. The average molecular weight is 356 g/mol. The lowest BCUT2D eigenvalue weighted by atomic mass is 10.1. The molecule has 0 aliphatic carbocycles. The van der Waals surface area contributed by atoms with E-state index in [0.29, 0.717) is 22.7 Å². The Morgan fingerprint density at radius 2 is 1.83 bits per heavy atom. The summed E-state index contributed by atoms with van der Waals surface area (Å²) in [6.07, 6.45) is -4.72. The van der Waals surface area contributed by atoms with E-state index in [2.05, 4.69) is 4.74 Å². The number of hydrogen-bond donors (Lipinski definition) is 0. The SMILES string of the molecule is Cc1ccc2c(c1Cl)C(=O)N(Cc1ccc(OC(F)(F)F)cc1)C2. The summed E-state index contributed by atoms with van der Waals surface area (Å²) in [5.41, 5.74) is 2.90. The highest BCUT2D eigenvalue weighted by Gasteiger charge is 2.32. The predicted molar refractivity (Wildman–Crippen MR) is 82.9 cm³/mol. The predicted octanol–water partition coefficient (Wildman–Crippen LogP) is 4.70. The number of alkyl halides is 3. The Bertz CT molecular complexity index is 788. The largest absolute Gasteiger partial charge is 0.573 e. The molecule has 1 aliphatic rings. The minimum absolute atomic E-state index is 0.172. The van der Waals surface area contributed by atoms with Crippen molar-refractivity contribution in [2.75, 3.05) is 0 Å². The van der Waals surface area contributed by atoms with E-state index < -0.39 is 6.36 Å². The number of ether oxygens (including phenoxy) is 1. The smallest absolute Gasteiger partial charge is 0.406 e. The van der Waals surface area contributed by atoms with Crippen LogP contribution in [0.1, 0.15) is 27.0 Å². The van der Waals surface area contributed by atoms with Crippen LogP contribution >= 0.6 is 11.6 Å². The van der Waals surface area contributed by atoms with Crippen LogP contribution in [0.2, 0.25) is 5.02 Å². The number of benzene rings is 2. The highest BCUT2D eigenvalue weighted by atomic mass is 35.5. The molecule has 2 aromatic carbocycles. The van der Waals surface area contributed by atoms with Crippen LogP contribution in [0.3, 0.4) is 0 Å². The van der Waals surface area contributed by atoms with Gasteiger partial charge in [-0.25, -0.2) is 0 Å². The molecule has 3 rings (SSSR count). The first kappa shape index (κ1) is 16.6. The fourth-order valence-electron chi connectivity index (χ4n) is 2.66. The highest BCUT2D eigenvalue weighted by Crippen LogP contribution is 2.32. The lowest BCUT2D eigenvalue weighted by Crippen LogP contribution is -2.23. The first-order valence-corrected chi connectivity index (χ1v) is 7.54. The van der Waals surface area contributed by atoms with Crippen molar-refractivity contribution in [3.63, 3.8) is 0 Å². The molecule has 0 atom stereocenters. The number of hydrogen-bond acceptors (Lipinski definition) is 2. The zero-order chi connectivity index (χ0) is 17.5. The van der Waals surface area contributed by atoms with Gasteiger partial charge >= 0.3 is 6.36 Å². The number of amides is 1. The van der Waals surface area contributed by atoms with Crippen LogP contribution in [0.15, 0.2) is 36.4 Å². The second-order valence-corrected chi connectivity index (χ2v) is 5.96. The van der Waals surface area contributed by atoms with E-state index in [1.807, 2.05) is 19.1 Å². The molecule has 7 heteroatoms. The Morgan fingerprint density at radius 1 is 1.17 bits per heavy atom. The zero-order valence-electron chi connectivity index (χ0n) is 12.7. The van der Waals surface area contributed by atoms with Gasteiger partial charge in [0.2, 0.25) is 0 Å². The van der Waals surface area contributed by atoms with E-state index >= 15 is 0 Å². The van der Waals surface area contributed by atoms with E-state index in [4.69, 9.17) is 11.6 Å². The molecule has 0 unspecified atom stereocenters. The molecule has 0 saturated heterocycles. The molecule has 2 aromatic rings. The molecule has 0 fully saturated rings. The maximum absolute atomic E-state index is 12.5. The second kappa shape index (κ2) is 6.02. The summed E-state index contributed by atoms with van der Waals surface area (Å²) < 4.78 is 40.3. The van der Waals surface area contributed by atoms with Gasteiger partial charge in [0.05, 0.1) is 10.6 Å². The number of fused-ring (bicyclic) bond motifs is 1.